The molecule has 4 atom stereocenters. The lowest BCUT2D eigenvalue weighted by molar-refractivity contribution is -0.140. The Balaban J connectivity index is 1.23. The van der Waals surface area contributed by atoms with E-state index >= 15 is 0 Å². The van der Waals surface area contributed by atoms with E-state index in [4.69, 9.17) is 9.47 Å². The van der Waals surface area contributed by atoms with E-state index in [1.54, 1.807) is 6.07 Å². The Morgan fingerprint density at radius 2 is 1.59 bits per heavy atom. The minimum Gasteiger partial charge on any atom is -0.497 e. The highest BCUT2D eigenvalue weighted by molar-refractivity contribution is 5.75. The summed E-state index contributed by atoms with van der Waals surface area (Å²) < 4.78 is 24.6. The van der Waals surface area contributed by atoms with E-state index in [0.29, 0.717) is 5.75 Å². The summed E-state index contributed by atoms with van der Waals surface area (Å²) in [5, 5.41) is 0. The largest absolute Gasteiger partial charge is 0.497 e. The molecule has 0 radical (unpaired) electrons. The molecule has 3 aliphatic rings. The SMILES string of the molecule is CCCCC1CCC2CC(C3CCC(C(=O)Oc4ccc(OC)cc4F)CC3)CCC2C1. The van der Waals surface area contributed by atoms with E-state index < -0.39 is 5.82 Å². The number of hydrogen-bond donors (Lipinski definition) is 0. The molecule has 1 aromatic carbocycles. The van der Waals surface area contributed by atoms with Crippen LogP contribution in [0.1, 0.15) is 90.4 Å². The molecule has 0 amide bonds. The van der Waals surface area contributed by atoms with E-state index in [0.717, 1.165) is 55.3 Å². The molecule has 3 aliphatic carbocycles. The van der Waals surface area contributed by atoms with Crippen molar-refractivity contribution in [1.82, 2.24) is 0 Å². The molecule has 3 fully saturated rings. The fraction of sp³-hybridized carbons (Fsp3) is 0.750. The normalized spacial score (nSPS) is 32.7. The summed E-state index contributed by atoms with van der Waals surface area (Å²) >= 11 is 0. The van der Waals surface area contributed by atoms with Crippen molar-refractivity contribution in [3.63, 3.8) is 0 Å². The third-order valence-electron chi connectivity index (χ3n) is 8.85. The number of ether oxygens (including phenoxy) is 2. The zero-order valence-electron chi connectivity index (χ0n) is 20.0. The first kappa shape index (κ1) is 23.6. The van der Waals surface area contributed by atoms with Crippen LogP contribution in [0.5, 0.6) is 11.5 Å². The molecule has 4 unspecified atom stereocenters. The molecular weight excluding hydrogens is 403 g/mol. The fourth-order valence-electron chi connectivity index (χ4n) is 6.92. The predicted octanol–water partition coefficient (Wildman–Crippen LogP) is 7.57. The number of methoxy groups -OCH3 is 1. The standard InChI is InChI=1S/C28H41FO3/c1-3-4-5-19-6-7-24-17-23(13-12-22(24)16-19)20-8-10-21(11-9-20)28(30)32-27-15-14-25(31-2)18-26(27)29/h14-15,18-24H,3-13,16-17H2,1-2H3. The maximum Gasteiger partial charge on any atom is 0.314 e. The van der Waals surface area contributed by atoms with Gasteiger partial charge in [0.25, 0.3) is 0 Å². The fourth-order valence-corrected chi connectivity index (χ4v) is 6.92. The van der Waals surface area contributed by atoms with Gasteiger partial charge in [-0.25, -0.2) is 4.39 Å². The first-order chi connectivity index (χ1) is 15.6. The van der Waals surface area contributed by atoms with Gasteiger partial charge in [-0.3, -0.25) is 4.79 Å². The van der Waals surface area contributed by atoms with Gasteiger partial charge in [-0.15, -0.1) is 0 Å². The Hall–Kier alpha value is -1.58. The van der Waals surface area contributed by atoms with E-state index in [1.165, 1.54) is 77.0 Å². The summed E-state index contributed by atoms with van der Waals surface area (Å²) in [7, 11) is 1.49. The van der Waals surface area contributed by atoms with Crippen LogP contribution in [0.3, 0.4) is 0 Å². The summed E-state index contributed by atoms with van der Waals surface area (Å²) in [4.78, 5) is 12.6. The minimum atomic E-state index is -0.549. The average Bonchev–Trinajstić information content (AvgIpc) is 2.83. The van der Waals surface area contributed by atoms with Gasteiger partial charge in [0, 0.05) is 6.07 Å². The van der Waals surface area contributed by atoms with Crippen LogP contribution < -0.4 is 9.47 Å². The van der Waals surface area contributed by atoms with Crippen LogP contribution >= 0.6 is 0 Å². The summed E-state index contributed by atoms with van der Waals surface area (Å²) in [6.45, 7) is 2.31. The minimum absolute atomic E-state index is 0.00536. The Labute approximate surface area is 193 Å². The summed E-state index contributed by atoms with van der Waals surface area (Å²) in [5.74, 6) is 4.03. The number of benzene rings is 1. The molecule has 0 N–H and O–H groups in total. The molecule has 178 valence electrons. The number of halogens is 1. The number of hydrogen-bond acceptors (Lipinski definition) is 3. The zero-order valence-corrected chi connectivity index (χ0v) is 20.0. The molecule has 3 nitrogen and oxygen atoms in total. The van der Waals surface area contributed by atoms with E-state index in [1.807, 2.05) is 0 Å². The second-order valence-electron chi connectivity index (χ2n) is 10.7. The third-order valence-corrected chi connectivity index (χ3v) is 8.85. The number of carbonyl (C=O) groups is 1. The molecule has 3 saturated carbocycles. The van der Waals surface area contributed by atoms with E-state index in [9.17, 15) is 9.18 Å². The van der Waals surface area contributed by atoms with E-state index in [-0.39, 0.29) is 17.6 Å². The van der Waals surface area contributed by atoms with Gasteiger partial charge in [0.1, 0.15) is 5.75 Å². The first-order valence-electron chi connectivity index (χ1n) is 13.1. The summed E-state index contributed by atoms with van der Waals surface area (Å²) in [5.41, 5.74) is 0. The molecule has 0 bridgehead atoms. The van der Waals surface area contributed by atoms with Crippen LogP contribution in [-0.4, -0.2) is 13.1 Å². The van der Waals surface area contributed by atoms with Crippen molar-refractivity contribution >= 4 is 5.97 Å². The summed E-state index contributed by atoms with van der Waals surface area (Å²) in [6.07, 6.45) is 16.8. The molecule has 0 aliphatic heterocycles. The number of unbranched alkanes of at least 4 members (excludes halogenated alkanes) is 1. The molecular formula is C28H41FO3. The Morgan fingerprint density at radius 1 is 0.938 bits per heavy atom. The first-order valence-corrected chi connectivity index (χ1v) is 13.1. The monoisotopic (exact) mass is 444 g/mol. The number of esters is 1. The van der Waals surface area contributed by atoms with Crippen molar-refractivity contribution in [2.24, 2.45) is 35.5 Å². The van der Waals surface area contributed by atoms with Crippen LogP contribution in [-0.2, 0) is 4.79 Å². The molecule has 32 heavy (non-hydrogen) atoms. The number of carbonyl (C=O) groups excluding carboxylic acids is 1. The maximum absolute atomic E-state index is 14.1. The van der Waals surface area contributed by atoms with Crippen molar-refractivity contribution in [1.29, 1.82) is 0 Å². The highest BCUT2D eigenvalue weighted by atomic mass is 19.1. The quantitative estimate of drug-likeness (QED) is 0.321. The number of rotatable bonds is 7. The highest BCUT2D eigenvalue weighted by Crippen LogP contribution is 2.49. The molecule has 0 saturated heterocycles. The van der Waals surface area contributed by atoms with Crippen LogP contribution in [0.4, 0.5) is 4.39 Å². The Morgan fingerprint density at radius 3 is 2.28 bits per heavy atom. The smallest absolute Gasteiger partial charge is 0.314 e. The van der Waals surface area contributed by atoms with Crippen LogP contribution in [0.25, 0.3) is 0 Å². The lowest BCUT2D eigenvalue weighted by atomic mass is 9.60. The maximum atomic E-state index is 14.1. The van der Waals surface area contributed by atoms with Crippen molar-refractivity contribution in [2.45, 2.75) is 90.4 Å². The zero-order chi connectivity index (χ0) is 22.5. The van der Waals surface area contributed by atoms with Crippen LogP contribution in [0.15, 0.2) is 18.2 Å². The summed E-state index contributed by atoms with van der Waals surface area (Å²) in [6, 6.07) is 4.36. The molecule has 4 rings (SSSR count). The van der Waals surface area contributed by atoms with Crippen molar-refractivity contribution in [2.75, 3.05) is 7.11 Å². The molecule has 0 heterocycles. The van der Waals surface area contributed by atoms with Gasteiger partial charge >= 0.3 is 5.97 Å². The third kappa shape index (κ3) is 5.66. The average molecular weight is 445 g/mol. The highest BCUT2D eigenvalue weighted by Gasteiger charge is 2.39. The lowest BCUT2D eigenvalue weighted by Crippen LogP contribution is -2.35. The Kier molecular flexibility index (Phi) is 8.12. The van der Waals surface area contributed by atoms with Gasteiger partial charge in [0.15, 0.2) is 11.6 Å². The topological polar surface area (TPSA) is 35.5 Å². The van der Waals surface area contributed by atoms with Crippen molar-refractivity contribution in [3.05, 3.63) is 24.0 Å². The van der Waals surface area contributed by atoms with Gasteiger partial charge in [0.2, 0.25) is 0 Å². The molecule has 4 heteroatoms. The molecule has 1 aromatic rings. The van der Waals surface area contributed by atoms with Gasteiger partial charge < -0.3 is 9.47 Å². The van der Waals surface area contributed by atoms with Crippen molar-refractivity contribution < 1.29 is 18.7 Å². The Bertz CT molecular complexity index is 755. The number of fused-ring (bicyclic) bond motifs is 1. The molecule has 0 aromatic heterocycles. The lowest BCUT2D eigenvalue weighted by Gasteiger charge is -2.45. The van der Waals surface area contributed by atoms with Gasteiger partial charge in [-0.2, -0.15) is 0 Å². The predicted molar refractivity (Wildman–Crippen MR) is 125 cm³/mol. The van der Waals surface area contributed by atoms with Gasteiger partial charge in [-0.05, 0) is 99.5 Å². The van der Waals surface area contributed by atoms with E-state index in [2.05, 4.69) is 6.92 Å². The van der Waals surface area contributed by atoms with Crippen LogP contribution in [0.2, 0.25) is 0 Å². The molecule has 0 spiro atoms. The second kappa shape index (κ2) is 11.0. The second-order valence-corrected chi connectivity index (χ2v) is 10.7. The van der Waals surface area contributed by atoms with Gasteiger partial charge in [0.05, 0.1) is 13.0 Å². The van der Waals surface area contributed by atoms with Crippen molar-refractivity contribution in [3.8, 4) is 11.5 Å². The van der Waals surface area contributed by atoms with Crippen LogP contribution in [0, 0.1) is 41.3 Å². The van der Waals surface area contributed by atoms with Gasteiger partial charge in [-0.1, -0.05) is 32.6 Å².